The molecule has 0 aromatic heterocycles. The van der Waals surface area contributed by atoms with Gasteiger partial charge in [-0.3, -0.25) is 0 Å². The van der Waals surface area contributed by atoms with Crippen molar-refractivity contribution in [2.45, 2.75) is 13.2 Å². The third-order valence-corrected chi connectivity index (χ3v) is 2.93. The van der Waals surface area contributed by atoms with Gasteiger partial charge >= 0.3 is 6.98 Å². The highest BCUT2D eigenvalue weighted by Crippen LogP contribution is 2.15. The lowest BCUT2D eigenvalue weighted by Crippen LogP contribution is -2.21. The van der Waals surface area contributed by atoms with E-state index in [1.807, 2.05) is 0 Å². The fourth-order valence-corrected chi connectivity index (χ4v) is 1.37. The van der Waals surface area contributed by atoms with Crippen molar-refractivity contribution in [2.75, 3.05) is 11.5 Å². The zero-order chi connectivity index (χ0) is 9.12. The molecule has 0 N–H and O–H groups in total. The zero-order valence-corrected chi connectivity index (χ0v) is 6.87. The molecule has 11 heavy (non-hydrogen) atoms. The third kappa shape index (κ3) is 6.21. The maximum absolute atomic E-state index is 11.5. The van der Waals surface area contributed by atoms with E-state index in [4.69, 9.17) is 0 Å². The van der Waals surface area contributed by atoms with E-state index in [2.05, 4.69) is 0 Å². The summed E-state index contributed by atoms with van der Waals surface area (Å²) in [5, 5.41) is 0. The van der Waals surface area contributed by atoms with E-state index in [0.717, 1.165) is 0 Å². The van der Waals surface area contributed by atoms with Crippen molar-refractivity contribution in [1.82, 2.24) is 0 Å². The molecule has 0 aromatic rings. The van der Waals surface area contributed by atoms with Crippen molar-refractivity contribution in [1.29, 1.82) is 0 Å². The number of rotatable bonds is 4. The number of sulfone groups is 1. The first-order valence-electron chi connectivity index (χ1n) is 3.18. The van der Waals surface area contributed by atoms with E-state index < -0.39 is 28.9 Å². The SMILES string of the molecule is CCS(=O)(=O)CC[B-](F)(F)F. The largest absolute Gasteiger partial charge is 0.479 e. The fourth-order valence-electron chi connectivity index (χ4n) is 0.458. The van der Waals surface area contributed by atoms with Gasteiger partial charge in [0.05, 0.1) is 0 Å². The summed E-state index contributed by atoms with van der Waals surface area (Å²) < 4.78 is 55.7. The Balaban J connectivity index is 3.91. The van der Waals surface area contributed by atoms with Crippen LogP contribution in [0.25, 0.3) is 0 Å². The summed E-state index contributed by atoms with van der Waals surface area (Å²) in [5.41, 5.74) is 0. The summed E-state index contributed by atoms with van der Waals surface area (Å²) in [6.07, 6.45) is -1.18. The third-order valence-electron chi connectivity index (χ3n) is 1.20. The minimum absolute atomic E-state index is 0.223. The number of hydrogen-bond acceptors (Lipinski definition) is 2. The fraction of sp³-hybridized carbons (Fsp3) is 1.00. The first kappa shape index (κ1) is 10.8. The van der Waals surface area contributed by atoms with Gasteiger partial charge in [-0.1, -0.05) is 13.2 Å². The lowest BCUT2D eigenvalue weighted by Gasteiger charge is -2.12. The highest BCUT2D eigenvalue weighted by Gasteiger charge is 2.24. The predicted octanol–water partition coefficient (Wildman–Crippen LogP) is 1.27. The van der Waals surface area contributed by atoms with E-state index >= 15 is 0 Å². The zero-order valence-electron chi connectivity index (χ0n) is 6.06. The Kier molecular flexibility index (Phi) is 3.41. The minimum Gasteiger partial charge on any atom is -0.449 e. The molecule has 0 unspecified atom stereocenters. The van der Waals surface area contributed by atoms with Gasteiger partial charge in [0, 0.05) is 11.5 Å². The Labute approximate surface area is 63.8 Å². The van der Waals surface area contributed by atoms with E-state index in [-0.39, 0.29) is 5.75 Å². The van der Waals surface area contributed by atoms with E-state index in [0.29, 0.717) is 0 Å². The van der Waals surface area contributed by atoms with Crippen molar-refractivity contribution in [3.63, 3.8) is 0 Å². The number of halogens is 3. The molecule has 0 spiro atoms. The molecule has 2 nitrogen and oxygen atoms in total. The molecular weight excluding hydrogens is 180 g/mol. The van der Waals surface area contributed by atoms with Crippen LogP contribution in [0.2, 0.25) is 6.32 Å². The number of hydrogen-bond donors (Lipinski definition) is 0. The molecule has 0 radical (unpaired) electrons. The molecular formula is C4H9BF3O2S-. The van der Waals surface area contributed by atoms with Gasteiger partial charge in [-0.25, -0.2) is 8.42 Å². The summed E-state index contributed by atoms with van der Waals surface area (Å²) in [5.74, 6) is -0.994. The average Bonchev–Trinajstić information content (AvgIpc) is 1.83. The molecule has 0 rings (SSSR count). The van der Waals surface area contributed by atoms with Crippen molar-refractivity contribution in [3.05, 3.63) is 0 Å². The molecule has 0 aliphatic rings. The van der Waals surface area contributed by atoms with Gasteiger partial charge < -0.3 is 12.9 Å². The first-order chi connectivity index (χ1) is 4.77. The van der Waals surface area contributed by atoms with E-state index in [9.17, 15) is 21.4 Å². The second-order valence-corrected chi connectivity index (χ2v) is 4.71. The van der Waals surface area contributed by atoms with Crippen LogP contribution in [0.15, 0.2) is 0 Å². The quantitative estimate of drug-likeness (QED) is 0.624. The lowest BCUT2D eigenvalue weighted by atomic mass is 9.88. The van der Waals surface area contributed by atoms with Crippen LogP contribution in [-0.2, 0) is 9.84 Å². The Morgan fingerprint density at radius 2 is 1.73 bits per heavy atom. The minimum atomic E-state index is -4.95. The molecule has 0 amide bonds. The summed E-state index contributed by atoms with van der Waals surface area (Å²) in [7, 11) is -3.46. The van der Waals surface area contributed by atoms with Gasteiger partial charge in [0.2, 0.25) is 0 Å². The van der Waals surface area contributed by atoms with Crippen LogP contribution in [0.4, 0.5) is 12.9 Å². The second-order valence-electron chi connectivity index (χ2n) is 2.24. The lowest BCUT2D eigenvalue weighted by molar-refractivity contribution is 0.471. The van der Waals surface area contributed by atoms with Crippen LogP contribution in [0.3, 0.4) is 0 Å². The van der Waals surface area contributed by atoms with Crippen molar-refractivity contribution in [3.8, 4) is 0 Å². The van der Waals surface area contributed by atoms with Crippen LogP contribution in [0.5, 0.6) is 0 Å². The van der Waals surface area contributed by atoms with Crippen LogP contribution in [0, 0.1) is 0 Å². The van der Waals surface area contributed by atoms with Crippen LogP contribution in [-0.4, -0.2) is 26.9 Å². The topological polar surface area (TPSA) is 34.1 Å². The molecule has 0 aliphatic heterocycles. The summed E-state index contributed by atoms with van der Waals surface area (Å²) in [6, 6.07) is 0. The Morgan fingerprint density at radius 3 is 2.00 bits per heavy atom. The average molecular weight is 189 g/mol. The standard InChI is InChI=1S/C4H9BF3O2S/c1-2-11(9,10)4-3-5(6,7)8/h2-4H2,1H3/q-1. The van der Waals surface area contributed by atoms with E-state index in [1.165, 1.54) is 6.92 Å². The summed E-state index contributed by atoms with van der Waals surface area (Å²) in [4.78, 5) is 0. The van der Waals surface area contributed by atoms with Crippen LogP contribution < -0.4 is 0 Å². The summed E-state index contributed by atoms with van der Waals surface area (Å²) in [6.45, 7) is -3.62. The Morgan fingerprint density at radius 1 is 1.27 bits per heavy atom. The molecule has 0 fully saturated rings. The monoisotopic (exact) mass is 189 g/mol. The highest BCUT2D eigenvalue weighted by atomic mass is 32.2. The van der Waals surface area contributed by atoms with Gasteiger partial charge in [0.1, 0.15) is 9.84 Å². The first-order valence-corrected chi connectivity index (χ1v) is 5.00. The van der Waals surface area contributed by atoms with Gasteiger partial charge in [0.25, 0.3) is 0 Å². The van der Waals surface area contributed by atoms with Gasteiger partial charge in [-0.15, -0.1) is 0 Å². The van der Waals surface area contributed by atoms with Gasteiger partial charge in [-0.2, -0.15) is 0 Å². The predicted molar refractivity (Wildman–Crippen MR) is 38.2 cm³/mol. The highest BCUT2D eigenvalue weighted by molar-refractivity contribution is 7.91. The smallest absolute Gasteiger partial charge is 0.449 e. The molecule has 0 saturated heterocycles. The normalized spacial score (nSPS) is 13.5. The van der Waals surface area contributed by atoms with Crippen molar-refractivity contribution < 1.29 is 21.4 Å². The molecule has 0 aromatic carbocycles. The Hall–Kier alpha value is -0.195. The Bertz CT molecular complexity index is 208. The molecule has 0 atom stereocenters. The van der Waals surface area contributed by atoms with Crippen LogP contribution >= 0.6 is 0 Å². The van der Waals surface area contributed by atoms with Gasteiger partial charge in [0.15, 0.2) is 0 Å². The second kappa shape index (κ2) is 3.47. The molecule has 0 saturated carbocycles. The molecule has 0 heterocycles. The van der Waals surface area contributed by atoms with E-state index in [1.54, 1.807) is 0 Å². The molecule has 0 bridgehead atoms. The molecule has 68 valence electrons. The van der Waals surface area contributed by atoms with Crippen molar-refractivity contribution in [2.24, 2.45) is 0 Å². The maximum Gasteiger partial charge on any atom is 0.479 e. The van der Waals surface area contributed by atoms with Crippen LogP contribution in [0.1, 0.15) is 6.92 Å². The molecule has 7 heteroatoms. The summed E-state index contributed by atoms with van der Waals surface area (Å²) >= 11 is 0. The maximum atomic E-state index is 11.5. The molecule has 0 aliphatic carbocycles. The van der Waals surface area contributed by atoms with Gasteiger partial charge in [-0.05, 0) is 0 Å². The van der Waals surface area contributed by atoms with Crippen molar-refractivity contribution >= 4 is 16.8 Å².